The summed E-state index contributed by atoms with van der Waals surface area (Å²) in [5.41, 5.74) is 1.85. The van der Waals surface area contributed by atoms with Crippen LogP contribution in [0.15, 0.2) is 72.8 Å². The second-order valence-electron chi connectivity index (χ2n) is 5.69. The van der Waals surface area contributed by atoms with Crippen molar-refractivity contribution in [2.45, 2.75) is 0 Å². The van der Waals surface area contributed by atoms with E-state index in [1.54, 1.807) is 79.9 Å². The number of rotatable bonds is 5. The van der Waals surface area contributed by atoms with Crippen molar-refractivity contribution in [1.29, 1.82) is 0 Å². The van der Waals surface area contributed by atoms with Gasteiger partial charge in [-0.25, -0.2) is 0 Å². The predicted octanol–water partition coefficient (Wildman–Crippen LogP) is 4.85. The van der Waals surface area contributed by atoms with E-state index in [1.165, 1.54) is 0 Å². The number of para-hydroxylation sites is 1. The maximum atomic E-state index is 12.6. The van der Waals surface area contributed by atoms with Crippen LogP contribution < -0.4 is 15.4 Å². The van der Waals surface area contributed by atoms with Gasteiger partial charge in [0.05, 0.1) is 18.4 Å². The third-order valence-electron chi connectivity index (χ3n) is 3.87. The molecule has 0 bridgehead atoms. The highest BCUT2D eigenvalue weighted by molar-refractivity contribution is 6.30. The summed E-state index contributed by atoms with van der Waals surface area (Å²) in [5.74, 6) is 0.0483. The fraction of sp³-hybridized carbons (Fsp3) is 0.0476. The number of nitrogens with one attached hydrogen (secondary N) is 2. The Morgan fingerprint density at radius 1 is 0.815 bits per heavy atom. The molecule has 3 aromatic carbocycles. The topological polar surface area (TPSA) is 67.4 Å². The number of halogens is 1. The maximum Gasteiger partial charge on any atom is 0.257 e. The van der Waals surface area contributed by atoms with Crippen molar-refractivity contribution in [3.05, 3.63) is 88.9 Å². The molecule has 0 aliphatic heterocycles. The van der Waals surface area contributed by atoms with Crippen LogP contribution in [-0.2, 0) is 0 Å². The van der Waals surface area contributed by atoms with Gasteiger partial charge in [-0.3, -0.25) is 9.59 Å². The molecule has 2 N–H and O–H groups in total. The molecule has 0 atom stereocenters. The summed E-state index contributed by atoms with van der Waals surface area (Å²) >= 11 is 5.85. The zero-order valence-electron chi connectivity index (χ0n) is 14.5. The Kier molecular flexibility index (Phi) is 5.74. The molecule has 3 rings (SSSR count). The van der Waals surface area contributed by atoms with Gasteiger partial charge < -0.3 is 15.4 Å². The number of hydrogen-bond acceptors (Lipinski definition) is 3. The van der Waals surface area contributed by atoms with Gasteiger partial charge in [0.15, 0.2) is 0 Å². The number of anilines is 2. The average Bonchev–Trinajstić information content (AvgIpc) is 2.69. The minimum atomic E-state index is -0.327. The van der Waals surface area contributed by atoms with E-state index >= 15 is 0 Å². The fourth-order valence-electron chi connectivity index (χ4n) is 2.46. The largest absolute Gasteiger partial charge is 0.497 e. The molecular formula is C21H17ClN2O3. The van der Waals surface area contributed by atoms with Crippen molar-refractivity contribution in [3.8, 4) is 5.75 Å². The second kappa shape index (κ2) is 8.38. The summed E-state index contributed by atoms with van der Waals surface area (Å²) in [4.78, 5) is 25.1. The minimum absolute atomic E-state index is 0.323. The maximum absolute atomic E-state index is 12.6. The minimum Gasteiger partial charge on any atom is -0.497 e. The SMILES string of the molecule is COc1ccc(NC(=O)c2ccccc2NC(=O)c2ccc(Cl)cc2)cc1. The first kappa shape index (κ1) is 18.5. The van der Waals surface area contributed by atoms with E-state index in [1.807, 2.05) is 0 Å². The molecule has 0 fully saturated rings. The van der Waals surface area contributed by atoms with E-state index < -0.39 is 0 Å². The lowest BCUT2D eigenvalue weighted by Gasteiger charge is -2.12. The number of ether oxygens (including phenoxy) is 1. The van der Waals surface area contributed by atoms with E-state index in [0.29, 0.717) is 33.3 Å². The fourth-order valence-corrected chi connectivity index (χ4v) is 2.58. The predicted molar refractivity (Wildman–Crippen MR) is 107 cm³/mol. The number of hydrogen-bond donors (Lipinski definition) is 2. The van der Waals surface area contributed by atoms with Crippen molar-refractivity contribution >= 4 is 34.8 Å². The van der Waals surface area contributed by atoms with Gasteiger partial charge in [-0.1, -0.05) is 23.7 Å². The first-order chi connectivity index (χ1) is 13.1. The zero-order valence-corrected chi connectivity index (χ0v) is 15.3. The monoisotopic (exact) mass is 380 g/mol. The normalized spacial score (nSPS) is 10.1. The standard InChI is InChI=1S/C21H17ClN2O3/c1-27-17-12-10-16(11-13-17)23-21(26)18-4-2-3-5-19(18)24-20(25)14-6-8-15(22)9-7-14/h2-13H,1H3,(H,23,26)(H,24,25). The summed E-state index contributed by atoms with van der Waals surface area (Å²) in [6, 6.07) is 20.3. The van der Waals surface area contributed by atoms with Crippen molar-refractivity contribution < 1.29 is 14.3 Å². The van der Waals surface area contributed by atoms with E-state index in [0.717, 1.165) is 0 Å². The second-order valence-corrected chi connectivity index (χ2v) is 6.13. The van der Waals surface area contributed by atoms with E-state index in [2.05, 4.69) is 10.6 Å². The molecule has 2 amide bonds. The Labute approximate surface area is 161 Å². The highest BCUT2D eigenvalue weighted by Crippen LogP contribution is 2.20. The molecular weight excluding hydrogens is 364 g/mol. The van der Waals surface area contributed by atoms with Crippen LogP contribution in [0.2, 0.25) is 5.02 Å². The summed E-state index contributed by atoms with van der Waals surface area (Å²) < 4.78 is 5.10. The lowest BCUT2D eigenvalue weighted by atomic mass is 10.1. The van der Waals surface area contributed by atoms with Crippen LogP contribution >= 0.6 is 11.6 Å². The van der Waals surface area contributed by atoms with Gasteiger partial charge in [0.2, 0.25) is 0 Å². The van der Waals surface area contributed by atoms with Gasteiger partial charge in [-0.05, 0) is 60.7 Å². The summed E-state index contributed by atoms with van der Waals surface area (Å²) in [5, 5.41) is 6.12. The summed E-state index contributed by atoms with van der Waals surface area (Å²) in [6.07, 6.45) is 0. The van der Waals surface area contributed by atoms with Gasteiger partial charge in [0, 0.05) is 16.3 Å². The Hall–Kier alpha value is -3.31. The van der Waals surface area contributed by atoms with Gasteiger partial charge in [0.1, 0.15) is 5.75 Å². The molecule has 3 aromatic rings. The molecule has 0 aliphatic rings. The Morgan fingerprint density at radius 3 is 2.15 bits per heavy atom. The van der Waals surface area contributed by atoms with E-state index in [4.69, 9.17) is 16.3 Å². The number of methoxy groups -OCH3 is 1. The Morgan fingerprint density at radius 2 is 1.48 bits per heavy atom. The Bertz CT molecular complexity index is 954. The Balaban J connectivity index is 1.77. The first-order valence-electron chi connectivity index (χ1n) is 8.18. The van der Waals surface area contributed by atoms with Crippen molar-refractivity contribution in [3.63, 3.8) is 0 Å². The van der Waals surface area contributed by atoms with Crippen molar-refractivity contribution in [1.82, 2.24) is 0 Å². The summed E-state index contributed by atoms with van der Waals surface area (Å²) in [6.45, 7) is 0. The molecule has 27 heavy (non-hydrogen) atoms. The third-order valence-corrected chi connectivity index (χ3v) is 4.13. The molecule has 0 saturated heterocycles. The smallest absolute Gasteiger partial charge is 0.257 e. The van der Waals surface area contributed by atoms with Crippen LogP contribution in [0, 0.1) is 0 Å². The van der Waals surface area contributed by atoms with E-state index in [-0.39, 0.29) is 11.8 Å². The highest BCUT2D eigenvalue weighted by Gasteiger charge is 2.14. The van der Waals surface area contributed by atoms with Crippen LogP contribution in [0.5, 0.6) is 5.75 Å². The van der Waals surface area contributed by atoms with Gasteiger partial charge >= 0.3 is 0 Å². The number of benzene rings is 3. The van der Waals surface area contributed by atoms with Crippen LogP contribution in [0.25, 0.3) is 0 Å². The van der Waals surface area contributed by atoms with Gasteiger partial charge in [-0.2, -0.15) is 0 Å². The molecule has 0 aliphatic carbocycles. The molecule has 6 heteroatoms. The van der Waals surface area contributed by atoms with Crippen LogP contribution in [0.3, 0.4) is 0 Å². The van der Waals surface area contributed by atoms with Crippen molar-refractivity contribution in [2.75, 3.05) is 17.7 Å². The summed E-state index contributed by atoms with van der Waals surface area (Å²) in [7, 11) is 1.58. The van der Waals surface area contributed by atoms with Crippen LogP contribution in [-0.4, -0.2) is 18.9 Å². The third kappa shape index (κ3) is 4.65. The molecule has 0 saturated carbocycles. The molecule has 136 valence electrons. The van der Waals surface area contributed by atoms with Crippen molar-refractivity contribution in [2.24, 2.45) is 0 Å². The van der Waals surface area contributed by atoms with Gasteiger partial charge in [0.25, 0.3) is 11.8 Å². The quantitative estimate of drug-likeness (QED) is 0.664. The molecule has 0 spiro atoms. The number of amides is 2. The zero-order chi connectivity index (χ0) is 19.2. The van der Waals surface area contributed by atoms with Crippen LogP contribution in [0.4, 0.5) is 11.4 Å². The number of carbonyl (C=O) groups is 2. The molecule has 0 heterocycles. The molecule has 0 unspecified atom stereocenters. The van der Waals surface area contributed by atoms with Crippen LogP contribution in [0.1, 0.15) is 20.7 Å². The lowest BCUT2D eigenvalue weighted by Crippen LogP contribution is -2.18. The lowest BCUT2D eigenvalue weighted by molar-refractivity contribution is 0.102. The number of carbonyl (C=O) groups excluding carboxylic acids is 2. The highest BCUT2D eigenvalue weighted by atomic mass is 35.5. The molecule has 5 nitrogen and oxygen atoms in total. The molecule has 0 radical (unpaired) electrons. The van der Waals surface area contributed by atoms with E-state index in [9.17, 15) is 9.59 Å². The average molecular weight is 381 g/mol. The first-order valence-corrected chi connectivity index (χ1v) is 8.56. The van der Waals surface area contributed by atoms with Gasteiger partial charge in [-0.15, -0.1) is 0 Å². The molecule has 0 aromatic heterocycles.